The highest BCUT2D eigenvalue weighted by Crippen LogP contribution is 2.27. The molecule has 88 valence electrons. The van der Waals surface area contributed by atoms with Crippen LogP contribution in [0, 0.1) is 13.8 Å². The Morgan fingerprint density at radius 1 is 1.38 bits per heavy atom. The third-order valence-corrected chi connectivity index (χ3v) is 3.00. The number of ether oxygens (including phenoxy) is 1. The maximum Gasteiger partial charge on any atom is 0.0676 e. The van der Waals surface area contributed by atoms with Gasteiger partial charge in [-0.05, 0) is 46.2 Å². The molecule has 1 fully saturated rings. The zero-order valence-electron chi connectivity index (χ0n) is 10.5. The Morgan fingerprint density at radius 3 is 2.69 bits per heavy atom. The minimum absolute atomic E-state index is 0.00367. The second-order valence-electron chi connectivity index (χ2n) is 5.20. The summed E-state index contributed by atoms with van der Waals surface area (Å²) in [5.74, 6) is 0. The Kier molecular flexibility index (Phi) is 2.89. The quantitative estimate of drug-likeness (QED) is 0.832. The zero-order chi connectivity index (χ0) is 11.8. The Bertz CT molecular complexity index is 388. The van der Waals surface area contributed by atoms with Crippen LogP contribution in [0.4, 0.5) is 5.69 Å². The number of hydrogen-bond acceptors (Lipinski definition) is 3. The molecular weight excluding hydrogens is 200 g/mol. The molecule has 0 bridgehead atoms. The van der Waals surface area contributed by atoms with Crippen LogP contribution in [0.25, 0.3) is 0 Å². The average molecular weight is 220 g/mol. The highest BCUT2D eigenvalue weighted by Gasteiger charge is 2.31. The highest BCUT2D eigenvalue weighted by molar-refractivity contribution is 5.48. The molecule has 1 atom stereocenters. The van der Waals surface area contributed by atoms with Gasteiger partial charge in [-0.25, -0.2) is 0 Å². The van der Waals surface area contributed by atoms with Crippen molar-refractivity contribution in [3.8, 4) is 0 Å². The molecule has 2 rings (SSSR count). The van der Waals surface area contributed by atoms with E-state index in [-0.39, 0.29) is 5.60 Å². The van der Waals surface area contributed by atoms with Gasteiger partial charge < -0.3 is 10.1 Å². The summed E-state index contributed by atoms with van der Waals surface area (Å²) in [5.41, 5.74) is 3.25. The molecule has 3 nitrogen and oxygen atoms in total. The summed E-state index contributed by atoms with van der Waals surface area (Å²) >= 11 is 0. The minimum atomic E-state index is 0.00367. The van der Waals surface area contributed by atoms with E-state index in [9.17, 15) is 0 Å². The fourth-order valence-corrected chi connectivity index (χ4v) is 2.19. The van der Waals surface area contributed by atoms with Crippen molar-refractivity contribution in [2.45, 2.75) is 45.8 Å². The topological polar surface area (TPSA) is 34.1 Å². The van der Waals surface area contributed by atoms with Crippen LogP contribution in [0.5, 0.6) is 0 Å². The molecular formula is C13H20N2O. The lowest BCUT2D eigenvalue weighted by Crippen LogP contribution is -2.22. The van der Waals surface area contributed by atoms with Crippen LogP contribution in [-0.2, 0) is 4.74 Å². The molecule has 0 saturated carbocycles. The van der Waals surface area contributed by atoms with Crippen LogP contribution >= 0.6 is 0 Å². The molecule has 1 unspecified atom stereocenters. The van der Waals surface area contributed by atoms with Crippen LogP contribution in [0.2, 0.25) is 0 Å². The van der Waals surface area contributed by atoms with E-state index in [4.69, 9.17) is 4.74 Å². The summed E-state index contributed by atoms with van der Waals surface area (Å²) < 4.78 is 5.71. The molecule has 2 heterocycles. The van der Waals surface area contributed by atoms with Gasteiger partial charge >= 0.3 is 0 Å². The fraction of sp³-hybridized carbons (Fsp3) is 0.615. The van der Waals surface area contributed by atoms with E-state index in [1.54, 1.807) is 0 Å². The van der Waals surface area contributed by atoms with Crippen molar-refractivity contribution in [1.82, 2.24) is 4.98 Å². The maximum atomic E-state index is 5.71. The first kappa shape index (κ1) is 11.4. The number of nitrogens with one attached hydrogen (secondary N) is 1. The Labute approximate surface area is 97.2 Å². The Morgan fingerprint density at radius 2 is 2.12 bits per heavy atom. The predicted octanol–water partition coefficient (Wildman–Crippen LogP) is 2.68. The summed E-state index contributed by atoms with van der Waals surface area (Å²) in [6.07, 6.45) is 1.04. The molecule has 16 heavy (non-hydrogen) atoms. The van der Waals surface area contributed by atoms with Crippen molar-refractivity contribution in [3.05, 3.63) is 23.5 Å². The van der Waals surface area contributed by atoms with Crippen molar-refractivity contribution in [2.24, 2.45) is 0 Å². The van der Waals surface area contributed by atoms with E-state index in [1.165, 1.54) is 0 Å². The van der Waals surface area contributed by atoms with Crippen molar-refractivity contribution in [1.29, 1.82) is 0 Å². The predicted molar refractivity (Wildman–Crippen MR) is 65.8 cm³/mol. The molecule has 0 aliphatic carbocycles. The fourth-order valence-electron chi connectivity index (χ4n) is 2.19. The largest absolute Gasteiger partial charge is 0.378 e. The molecule has 0 spiro atoms. The molecule has 1 aliphatic heterocycles. The van der Waals surface area contributed by atoms with Crippen LogP contribution in [-0.4, -0.2) is 23.2 Å². The number of pyridine rings is 1. The first-order valence-electron chi connectivity index (χ1n) is 5.81. The van der Waals surface area contributed by atoms with Gasteiger partial charge in [0, 0.05) is 5.69 Å². The van der Waals surface area contributed by atoms with Crippen molar-refractivity contribution < 1.29 is 4.74 Å². The van der Waals surface area contributed by atoms with E-state index in [0.29, 0.717) is 6.04 Å². The lowest BCUT2D eigenvalue weighted by Gasteiger charge is -2.17. The van der Waals surface area contributed by atoms with E-state index < -0.39 is 0 Å². The lowest BCUT2D eigenvalue weighted by molar-refractivity contribution is 0.0363. The number of anilines is 1. The van der Waals surface area contributed by atoms with Gasteiger partial charge in [0.2, 0.25) is 0 Å². The summed E-state index contributed by atoms with van der Waals surface area (Å²) in [7, 11) is 0. The van der Waals surface area contributed by atoms with E-state index >= 15 is 0 Å². The molecule has 3 heteroatoms. The number of aryl methyl sites for hydroxylation is 2. The molecule has 1 aromatic rings. The minimum Gasteiger partial charge on any atom is -0.378 e. The average Bonchev–Trinajstić information content (AvgIpc) is 2.51. The van der Waals surface area contributed by atoms with E-state index in [2.05, 4.69) is 30.2 Å². The monoisotopic (exact) mass is 220 g/mol. The summed E-state index contributed by atoms with van der Waals surface area (Å²) in [4.78, 5) is 4.45. The number of rotatable bonds is 2. The van der Waals surface area contributed by atoms with E-state index in [0.717, 1.165) is 30.1 Å². The second kappa shape index (κ2) is 4.06. The van der Waals surface area contributed by atoms with Crippen molar-refractivity contribution >= 4 is 5.69 Å². The highest BCUT2D eigenvalue weighted by atomic mass is 16.5. The van der Waals surface area contributed by atoms with Gasteiger partial charge in [-0.1, -0.05) is 0 Å². The van der Waals surface area contributed by atoms with Crippen molar-refractivity contribution in [2.75, 3.05) is 11.9 Å². The summed E-state index contributed by atoms with van der Waals surface area (Å²) in [6.45, 7) is 9.10. The van der Waals surface area contributed by atoms with Gasteiger partial charge in [-0.3, -0.25) is 4.98 Å². The Balaban J connectivity index is 2.05. The molecule has 1 aromatic heterocycles. The molecule has 1 saturated heterocycles. The molecule has 0 amide bonds. The van der Waals surface area contributed by atoms with Gasteiger partial charge in [0.25, 0.3) is 0 Å². The zero-order valence-corrected chi connectivity index (χ0v) is 10.5. The second-order valence-corrected chi connectivity index (χ2v) is 5.20. The number of aromatic nitrogens is 1. The third kappa shape index (κ3) is 2.53. The molecule has 0 aromatic carbocycles. The smallest absolute Gasteiger partial charge is 0.0676 e. The van der Waals surface area contributed by atoms with Gasteiger partial charge in [-0.2, -0.15) is 0 Å². The van der Waals surface area contributed by atoms with Crippen LogP contribution < -0.4 is 5.32 Å². The molecule has 0 radical (unpaired) electrons. The van der Waals surface area contributed by atoms with Gasteiger partial charge in [0.15, 0.2) is 0 Å². The normalized spacial score (nSPS) is 23.4. The van der Waals surface area contributed by atoms with Gasteiger partial charge in [0.1, 0.15) is 0 Å². The van der Waals surface area contributed by atoms with Crippen LogP contribution in [0.1, 0.15) is 31.7 Å². The lowest BCUT2D eigenvalue weighted by atomic mass is 10.0. The SMILES string of the molecule is Cc1ccc(NC2COC(C)(C)C2)c(C)n1. The number of hydrogen-bond donors (Lipinski definition) is 1. The van der Waals surface area contributed by atoms with Crippen LogP contribution in [0.3, 0.4) is 0 Å². The van der Waals surface area contributed by atoms with Gasteiger partial charge in [0.05, 0.1) is 29.6 Å². The molecule has 1 N–H and O–H groups in total. The summed E-state index contributed by atoms with van der Waals surface area (Å²) in [6, 6.07) is 4.54. The summed E-state index contributed by atoms with van der Waals surface area (Å²) in [5, 5.41) is 3.50. The van der Waals surface area contributed by atoms with Crippen molar-refractivity contribution in [3.63, 3.8) is 0 Å². The number of nitrogens with zero attached hydrogens (tertiary/aromatic N) is 1. The molecule has 1 aliphatic rings. The first-order chi connectivity index (χ1) is 7.46. The maximum absolute atomic E-state index is 5.71. The van der Waals surface area contributed by atoms with Gasteiger partial charge in [-0.15, -0.1) is 0 Å². The van der Waals surface area contributed by atoms with Crippen LogP contribution in [0.15, 0.2) is 12.1 Å². The standard InChI is InChI=1S/C13H20N2O/c1-9-5-6-12(10(2)14-9)15-11-7-13(3,4)16-8-11/h5-6,11,15H,7-8H2,1-4H3. The third-order valence-electron chi connectivity index (χ3n) is 3.00. The first-order valence-corrected chi connectivity index (χ1v) is 5.81. The Hall–Kier alpha value is -1.09. The van der Waals surface area contributed by atoms with E-state index in [1.807, 2.05) is 19.9 Å².